The van der Waals surface area contributed by atoms with Gasteiger partial charge in [-0.1, -0.05) is 12.1 Å². The summed E-state index contributed by atoms with van der Waals surface area (Å²) in [5.41, 5.74) is 1.41. The molecule has 1 fully saturated rings. The molecule has 0 spiro atoms. The fourth-order valence-corrected chi connectivity index (χ4v) is 3.11. The van der Waals surface area contributed by atoms with Crippen LogP contribution >= 0.6 is 0 Å². The average Bonchev–Trinajstić information content (AvgIpc) is 3.02. The minimum Gasteiger partial charge on any atom is -0.493 e. The van der Waals surface area contributed by atoms with Gasteiger partial charge in [-0.25, -0.2) is 4.39 Å². The van der Waals surface area contributed by atoms with Crippen molar-refractivity contribution >= 4 is 17.5 Å². The zero-order valence-corrected chi connectivity index (χ0v) is 15.2. The van der Waals surface area contributed by atoms with Gasteiger partial charge in [-0.2, -0.15) is 0 Å². The smallest absolute Gasteiger partial charge is 0.229 e. The number of hydrogen-bond acceptors (Lipinski definition) is 4. The lowest BCUT2D eigenvalue weighted by atomic mass is 10.1. The minimum absolute atomic E-state index is 0.0747. The maximum atomic E-state index is 12.9. The van der Waals surface area contributed by atoms with Gasteiger partial charge in [0.05, 0.1) is 26.7 Å². The van der Waals surface area contributed by atoms with Gasteiger partial charge >= 0.3 is 0 Å². The van der Waals surface area contributed by atoms with Crippen LogP contribution in [-0.4, -0.2) is 38.6 Å². The zero-order chi connectivity index (χ0) is 19.4. The fourth-order valence-electron chi connectivity index (χ4n) is 3.11. The van der Waals surface area contributed by atoms with E-state index in [4.69, 9.17) is 9.47 Å². The molecular weight excluding hydrogens is 351 g/mol. The van der Waals surface area contributed by atoms with Crippen molar-refractivity contribution in [1.29, 1.82) is 0 Å². The van der Waals surface area contributed by atoms with E-state index in [9.17, 15) is 14.0 Å². The van der Waals surface area contributed by atoms with Gasteiger partial charge in [-0.15, -0.1) is 0 Å². The van der Waals surface area contributed by atoms with Crippen LogP contribution in [0.3, 0.4) is 0 Å². The topological polar surface area (TPSA) is 67.9 Å². The van der Waals surface area contributed by atoms with Gasteiger partial charge < -0.3 is 19.7 Å². The van der Waals surface area contributed by atoms with Gasteiger partial charge in [0.15, 0.2) is 11.5 Å². The summed E-state index contributed by atoms with van der Waals surface area (Å²) in [5.74, 6) is 0.498. The van der Waals surface area contributed by atoms with Crippen molar-refractivity contribution in [2.75, 3.05) is 25.7 Å². The van der Waals surface area contributed by atoms with Crippen LogP contribution in [0.15, 0.2) is 42.5 Å². The molecule has 142 valence electrons. The number of ether oxygens (including phenoxy) is 2. The quantitative estimate of drug-likeness (QED) is 0.845. The average molecular weight is 372 g/mol. The summed E-state index contributed by atoms with van der Waals surface area (Å²) >= 11 is 0. The molecule has 3 rings (SSSR count). The number of anilines is 1. The molecule has 6 nitrogen and oxygen atoms in total. The summed E-state index contributed by atoms with van der Waals surface area (Å²) in [6.07, 6.45) is 0.366. The lowest BCUT2D eigenvalue weighted by molar-refractivity contribution is -0.121. The van der Waals surface area contributed by atoms with E-state index in [1.807, 2.05) is 0 Å². The van der Waals surface area contributed by atoms with E-state index in [0.29, 0.717) is 23.7 Å². The van der Waals surface area contributed by atoms with E-state index in [1.165, 1.54) is 19.2 Å². The molecule has 27 heavy (non-hydrogen) atoms. The second-order valence-corrected chi connectivity index (χ2v) is 6.32. The lowest BCUT2D eigenvalue weighted by Crippen LogP contribution is -2.38. The van der Waals surface area contributed by atoms with E-state index in [0.717, 1.165) is 5.56 Å². The number of carbonyl (C=O) groups excluding carboxylic acids is 2. The Balaban J connectivity index is 1.63. The predicted molar refractivity (Wildman–Crippen MR) is 98.6 cm³/mol. The van der Waals surface area contributed by atoms with Crippen LogP contribution in [0.5, 0.6) is 11.5 Å². The van der Waals surface area contributed by atoms with E-state index in [1.54, 1.807) is 42.3 Å². The highest BCUT2D eigenvalue weighted by molar-refractivity contribution is 5.97. The molecule has 1 saturated heterocycles. The van der Waals surface area contributed by atoms with E-state index in [-0.39, 0.29) is 36.5 Å². The van der Waals surface area contributed by atoms with Crippen molar-refractivity contribution in [2.45, 2.75) is 18.9 Å². The standard InChI is InChI=1S/C20H21FN2O4/c1-26-17-8-7-16(11-18(17)27-2)23-12-15(10-20(23)25)22-19(24)9-13-3-5-14(21)6-4-13/h3-8,11,15H,9-10,12H2,1-2H3,(H,22,24). The van der Waals surface area contributed by atoms with Gasteiger partial charge in [0.1, 0.15) is 5.82 Å². The molecule has 2 aromatic carbocycles. The molecule has 7 heteroatoms. The fraction of sp³-hybridized carbons (Fsp3) is 0.300. The number of methoxy groups -OCH3 is 2. The van der Waals surface area contributed by atoms with Crippen molar-refractivity contribution < 1.29 is 23.5 Å². The maximum Gasteiger partial charge on any atom is 0.229 e. The van der Waals surface area contributed by atoms with E-state index < -0.39 is 0 Å². The first-order valence-electron chi connectivity index (χ1n) is 8.56. The number of halogens is 1. The second kappa shape index (κ2) is 8.07. The van der Waals surface area contributed by atoms with Crippen molar-refractivity contribution in [3.8, 4) is 11.5 Å². The lowest BCUT2D eigenvalue weighted by Gasteiger charge is -2.19. The normalized spacial score (nSPS) is 16.3. The molecule has 0 radical (unpaired) electrons. The van der Waals surface area contributed by atoms with Gasteiger partial charge in [0.2, 0.25) is 11.8 Å². The number of benzene rings is 2. The molecule has 2 aromatic rings. The Morgan fingerprint density at radius 2 is 1.85 bits per heavy atom. The Labute approximate surface area is 156 Å². The maximum absolute atomic E-state index is 12.9. The Morgan fingerprint density at radius 3 is 2.52 bits per heavy atom. The van der Waals surface area contributed by atoms with Crippen LogP contribution in [0, 0.1) is 5.82 Å². The van der Waals surface area contributed by atoms with Crippen LogP contribution in [0.1, 0.15) is 12.0 Å². The Hall–Kier alpha value is -3.09. The molecule has 2 amide bonds. The monoisotopic (exact) mass is 372 g/mol. The van der Waals surface area contributed by atoms with Crippen molar-refractivity contribution in [2.24, 2.45) is 0 Å². The summed E-state index contributed by atoms with van der Waals surface area (Å²) in [5, 5.41) is 2.87. The van der Waals surface area contributed by atoms with Gasteiger partial charge in [-0.3, -0.25) is 9.59 Å². The number of nitrogens with one attached hydrogen (secondary N) is 1. The van der Waals surface area contributed by atoms with Crippen LogP contribution in [0.25, 0.3) is 0 Å². The Bertz CT molecular complexity index is 838. The summed E-state index contributed by atoms with van der Waals surface area (Å²) in [7, 11) is 3.08. The number of nitrogens with zero attached hydrogens (tertiary/aromatic N) is 1. The van der Waals surface area contributed by atoms with Crippen LogP contribution in [-0.2, 0) is 16.0 Å². The molecule has 0 bridgehead atoms. The molecule has 1 atom stereocenters. The van der Waals surface area contributed by atoms with Crippen molar-refractivity contribution in [1.82, 2.24) is 5.32 Å². The predicted octanol–water partition coefficient (Wildman–Crippen LogP) is 2.31. The summed E-state index contributed by atoms with van der Waals surface area (Å²) < 4.78 is 23.4. The summed E-state index contributed by atoms with van der Waals surface area (Å²) in [6, 6.07) is 10.8. The molecule has 0 aromatic heterocycles. The number of carbonyl (C=O) groups is 2. The first-order valence-corrected chi connectivity index (χ1v) is 8.56. The van der Waals surface area contributed by atoms with Gasteiger partial charge in [-0.05, 0) is 29.8 Å². The Kier molecular flexibility index (Phi) is 5.59. The SMILES string of the molecule is COc1ccc(N2CC(NC(=O)Cc3ccc(F)cc3)CC2=O)cc1OC. The first-order chi connectivity index (χ1) is 13.0. The van der Waals surface area contributed by atoms with Crippen molar-refractivity contribution in [3.63, 3.8) is 0 Å². The van der Waals surface area contributed by atoms with Gasteiger partial charge in [0, 0.05) is 24.7 Å². The molecule has 1 N–H and O–H groups in total. The molecule has 1 unspecified atom stereocenters. The highest BCUT2D eigenvalue weighted by atomic mass is 19.1. The third-order valence-electron chi connectivity index (χ3n) is 4.45. The highest BCUT2D eigenvalue weighted by Gasteiger charge is 2.32. The first kappa shape index (κ1) is 18.7. The Morgan fingerprint density at radius 1 is 1.15 bits per heavy atom. The molecule has 1 aliphatic heterocycles. The highest BCUT2D eigenvalue weighted by Crippen LogP contribution is 2.33. The number of rotatable bonds is 6. The molecular formula is C20H21FN2O4. The molecule has 1 aliphatic rings. The van der Waals surface area contributed by atoms with E-state index in [2.05, 4.69) is 5.32 Å². The molecule has 1 heterocycles. The third kappa shape index (κ3) is 4.36. The van der Waals surface area contributed by atoms with E-state index >= 15 is 0 Å². The van der Waals surface area contributed by atoms with Crippen LogP contribution in [0.2, 0.25) is 0 Å². The number of amides is 2. The largest absolute Gasteiger partial charge is 0.493 e. The zero-order valence-electron chi connectivity index (χ0n) is 15.2. The summed E-state index contributed by atoms with van der Waals surface area (Å²) in [6.45, 7) is 0.378. The third-order valence-corrected chi connectivity index (χ3v) is 4.45. The van der Waals surface area contributed by atoms with Crippen LogP contribution < -0.4 is 19.7 Å². The van der Waals surface area contributed by atoms with Gasteiger partial charge in [0.25, 0.3) is 0 Å². The second-order valence-electron chi connectivity index (χ2n) is 6.32. The summed E-state index contributed by atoms with van der Waals surface area (Å²) in [4.78, 5) is 26.2. The number of hydrogen-bond donors (Lipinski definition) is 1. The van der Waals surface area contributed by atoms with Crippen molar-refractivity contribution in [3.05, 3.63) is 53.8 Å². The minimum atomic E-state index is -0.342. The molecule has 0 aliphatic carbocycles. The van der Waals surface area contributed by atoms with Crippen LogP contribution in [0.4, 0.5) is 10.1 Å². The molecule has 0 saturated carbocycles.